The summed E-state index contributed by atoms with van der Waals surface area (Å²) in [6.07, 6.45) is 4.21. The number of nitrogens with one attached hydrogen (secondary N) is 1. The molecule has 1 aromatic carbocycles. The Morgan fingerprint density at radius 1 is 1.16 bits per heavy atom. The van der Waals surface area contributed by atoms with Gasteiger partial charge in [0.2, 0.25) is 11.8 Å². The molecule has 1 aliphatic heterocycles. The van der Waals surface area contributed by atoms with Gasteiger partial charge in [-0.3, -0.25) is 14.9 Å². The van der Waals surface area contributed by atoms with Crippen LogP contribution < -0.4 is 5.32 Å². The fourth-order valence-corrected chi connectivity index (χ4v) is 2.83. The molecular formula is C13H10BrN3O2. The van der Waals surface area contributed by atoms with Crippen LogP contribution in [0.1, 0.15) is 24.3 Å². The number of hydrogen-bond acceptors (Lipinski definition) is 4. The van der Waals surface area contributed by atoms with Gasteiger partial charge in [0.05, 0.1) is 18.3 Å². The number of carbonyl (C=O) groups is 2. The second-order valence-corrected chi connectivity index (χ2v) is 5.31. The van der Waals surface area contributed by atoms with Crippen molar-refractivity contribution in [3.63, 3.8) is 0 Å². The monoisotopic (exact) mass is 319 g/mol. The Morgan fingerprint density at radius 2 is 1.89 bits per heavy atom. The minimum atomic E-state index is -0.308. The Bertz CT molecular complexity index is 687. The van der Waals surface area contributed by atoms with E-state index in [9.17, 15) is 9.59 Å². The molecule has 1 saturated heterocycles. The van der Waals surface area contributed by atoms with Crippen LogP contribution in [0.15, 0.2) is 29.0 Å². The smallest absolute Gasteiger partial charge is 0.234 e. The van der Waals surface area contributed by atoms with Crippen LogP contribution in [0.2, 0.25) is 0 Å². The van der Waals surface area contributed by atoms with Crippen molar-refractivity contribution in [2.24, 2.45) is 0 Å². The van der Waals surface area contributed by atoms with E-state index in [-0.39, 0.29) is 17.7 Å². The number of nitrogens with zero attached hydrogens (tertiary/aromatic N) is 2. The highest BCUT2D eigenvalue weighted by Gasteiger charge is 2.29. The second kappa shape index (κ2) is 4.70. The molecule has 0 radical (unpaired) electrons. The molecule has 2 heterocycles. The van der Waals surface area contributed by atoms with Crippen molar-refractivity contribution in [3.8, 4) is 0 Å². The summed E-state index contributed by atoms with van der Waals surface area (Å²) in [6.45, 7) is 0. The van der Waals surface area contributed by atoms with Gasteiger partial charge in [-0.05, 0) is 18.1 Å². The molecular weight excluding hydrogens is 310 g/mol. The fourth-order valence-electron chi connectivity index (χ4n) is 2.38. The molecule has 1 atom stereocenters. The van der Waals surface area contributed by atoms with Gasteiger partial charge in [-0.25, -0.2) is 0 Å². The third-order valence-electron chi connectivity index (χ3n) is 3.32. The number of hydrogen-bond donors (Lipinski definition) is 1. The van der Waals surface area contributed by atoms with Gasteiger partial charge in [0.1, 0.15) is 0 Å². The SMILES string of the molecule is O=C1CCC(c2ccc(Br)c3cnncc23)C(=O)N1. The van der Waals surface area contributed by atoms with Crippen LogP contribution in [-0.2, 0) is 9.59 Å². The highest BCUT2D eigenvalue weighted by Crippen LogP contribution is 2.33. The summed E-state index contributed by atoms with van der Waals surface area (Å²) in [5.74, 6) is -0.753. The van der Waals surface area contributed by atoms with Crippen LogP contribution >= 0.6 is 15.9 Å². The van der Waals surface area contributed by atoms with E-state index in [1.807, 2.05) is 12.1 Å². The van der Waals surface area contributed by atoms with Crippen molar-refractivity contribution < 1.29 is 9.59 Å². The summed E-state index contributed by atoms with van der Waals surface area (Å²) in [5.41, 5.74) is 0.887. The van der Waals surface area contributed by atoms with Crippen LogP contribution in [0.4, 0.5) is 0 Å². The van der Waals surface area contributed by atoms with E-state index in [1.54, 1.807) is 12.4 Å². The molecule has 0 aliphatic carbocycles. The number of carbonyl (C=O) groups excluding carboxylic acids is 2. The maximum atomic E-state index is 12.0. The van der Waals surface area contributed by atoms with E-state index in [0.717, 1.165) is 20.8 Å². The number of halogens is 1. The van der Waals surface area contributed by atoms with Crippen molar-refractivity contribution in [1.29, 1.82) is 0 Å². The molecule has 96 valence electrons. The van der Waals surface area contributed by atoms with E-state index >= 15 is 0 Å². The summed E-state index contributed by atoms with van der Waals surface area (Å²) >= 11 is 3.46. The van der Waals surface area contributed by atoms with Crippen LogP contribution in [0.25, 0.3) is 10.8 Å². The second-order valence-electron chi connectivity index (χ2n) is 4.46. The van der Waals surface area contributed by atoms with Crippen molar-refractivity contribution in [1.82, 2.24) is 15.5 Å². The van der Waals surface area contributed by atoms with E-state index in [0.29, 0.717) is 12.8 Å². The minimum absolute atomic E-state index is 0.206. The molecule has 0 bridgehead atoms. The molecule has 1 aliphatic rings. The summed E-state index contributed by atoms with van der Waals surface area (Å²) in [4.78, 5) is 23.2. The Kier molecular flexibility index (Phi) is 3.02. The Balaban J connectivity index is 2.13. The number of fused-ring (bicyclic) bond motifs is 1. The van der Waals surface area contributed by atoms with Crippen molar-refractivity contribution in [2.75, 3.05) is 0 Å². The maximum absolute atomic E-state index is 12.0. The Labute approximate surface area is 117 Å². The Hall–Kier alpha value is -1.82. The molecule has 2 amide bonds. The predicted molar refractivity (Wildman–Crippen MR) is 72.4 cm³/mol. The molecule has 1 unspecified atom stereocenters. The van der Waals surface area contributed by atoms with Crippen LogP contribution in [0, 0.1) is 0 Å². The van der Waals surface area contributed by atoms with E-state index in [4.69, 9.17) is 0 Å². The van der Waals surface area contributed by atoms with Crippen molar-refractivity contribution in [2.45, 2.75) is 18.8 Å². The summed E-state index contributed by atoms with van der Waals surface area (Å²) < 4.78 is 0.911. The Morgan fingerprint density at radius 3 is 2.63 bits per heavy atom. The summed E-state index contributed by atoms with van der Waals surface area (Å²) in [6, 6.07) is 3.79. The lowest BCUT2D eigenvalue weighted by atomic mass is 9.88. The normalized spacial score (nSPS) is 19.5. The van der Waals surface area contributed by atoms with Gasteiger partial charge in [0, 0.05) is 21.7 Å². The number of piperidine rings is 1. The van der Waals surface area contributed by atoms with Gasteiger partial charge < -0.3 is 0 Å². The molecule has 1 fully saturated rings. The zero-order valence-corrected chi connectivity index (χ0v) is 11.5. The lowest BCUT2D eigenvalue weighted by Crippen LogP contribution is -2.39. The molecule has 3 rings (SSSR count). The average molecular weight is 320 g/mol. The number of rotatable bonds is 1. The average Bonchev–Trinajstić information content (AvgIpc) is 2.41. The summed E-state index contributed by atoms with van der Waals surface area (Å²) in [7, 11) is 0. The lowest BCUT2D eigenvalue weighted by Gasteiger charge is -2.22. The first-order valence-corrected chi connectivity index (χ1v) is 6.68. The molecule has 19 heavy (non-hydrogen) atoms. The third-order valence-corrected chi connectivity index (χ3v) is 4.01. The molecule has 0 saturated carbocycles. The van der Waals surface area contributed by atoms with Gasteiger partial charge >= 0.3 is 0 Å². The standard InChI is InChI=1S/C13H10BrN3O2/c14-11-3-1-7(9-5-15-16-6-10(9)11)8-2-4-12(18)17-13(8)19/h1,3,5-6,8H,2,4H2,(H,17,18,19). The lowest BCUT2D eigenvalue weighted by molar-refractivity contribution is -0.134. The van der Waals surface area contributed by atoms with Crippen LogP contribution in [0.3, 0.4) is 0 Å². The summed E-state index contributed by atoms with van der Waals surface area (Å²) in [5, 5.41) is 11.9. The molecule has 2 aromatic rings. The molecule has 1 N–H and O–H groups in total. The zero-order valence-electron chi connectivity index (χ0n) is 9.89. The molecule has 6 heteroatoms. The number of amides is 2. The quantitative estimate of drug-likeness (QED) is 0.815. The van der Waals surface area contributed by atoms with E-state index < -0.39 is 0 Å². The first-order valence-electron chi connectivity index (χ1n) is 5.89. The van der Waals surface area contributed by atoms with Crippen molar-refractivity contribution in [3.05, 3.63) is 34.6 Å². The van der Waals surface area contributed by atoms with Crippen LogP contribution in [0.5, 0.6) is 0 Å². The predicted octanol–water partition coefficient (Wildman–Crippen LogP) is 1.91. The number of aromatic nitrogens is 2. The maximum Gasteiger partial charge on any atom is 0.234 e. The van der Waals surface area contributed by atoms with E-state index in [2.05, 4.69) is 31.4 Å². The van der Waals surface area contributed by atoms with Gasteiger partial charge in [-0.1, -0.05) is 22.0 Å². The molecule has 5 nitrogen and oxygen atoms in total. The van der Waals surface area contributed by atoms with Crippen molar-refractivity contribution >= 4 is 38.5 Å². The zero-order chi connectivity index (χ0) is 13.4. The topological polar surface area (TPSA) is 72.0 Å². The van der Waals surface area contributed by atoms with Gasteiger partial charge in [-0.15, -0.1) is 0 Å². The number of imide groups is 1. The first kappa shape index (κ1) is 12.2. The third kappa shape index (κ3) is 2.12. The largest absolute Gasteiger partial charge is 0.296 e. The highest BCUT2D eigenvalue weighted by atomic mass is 79.9. The highest BCUT2D eigenvalue weighted by molar-refractivity contribution is 9.10. The fraction of sp³-hybridized carbons (Fsp3) is 0.231. The van der Waals surface area contributed by atoms with Gasteiger partial charge in [0.25, 0.3) is 0 Å². The van der Waals surface area contributed by atoms with Gasteiger partial charge in [0.15, 0.2) is 0 Å². The van der Waals surface area contributed by atoms with E-state index in [1.165, 1.54) is 0 Å². The molecule has 1 aromatic heterocycles. The van der Waals surface area contributed by atoms with Crippen LogP contribution in [-0.4, -0.2) is 22.0 Å². The molecule has 0 spiro atoms. The van der Waals surface area contributed by atoms with Gasteiger partial charge in [-0.2, -0.15) is 10.2 Å². The number of benzene rings is 1. The minimum Gasteiger partial charge on any atom is -0.296 e. The first-order chi connectivity index (χ1) is 9.16.